The summed E-state index contributed by atoms with van der Waals surface area (Å²) in [4.78, 5) is 72.0. The number of hydrogen-bond donors (Lipinski definition) is 2. The molecule has 3 aromatic carbocycles. The molecule has 54 heavy (non-hydrogen) atoms. The van der Waals surface area contributed by atoms with Crippen LogP contribution in [0.5, 0.6) is 0 Å². The fraction of sp³-hybridized carbons (Fsp3) is 0.429. The number of nitrogens with one attached hydrogen (secondary N) is 2. The Labute approximate surface area is 315 Å². The summed E-state index contributed by atoms with van der Waals surface area (Å²) in [5.41, 5.74) is 7.33. The maximum Gasteiger partial charge on any atom is 0.262 e. The van der Waals surface area contributed by atoms with Gasteiger partial charge in [-0.05, 0) is 123 Å². The number of nitrogens with zero attached hydrogens (tertiary/aromatic N) is 5. The highest BCUT2D eigenvalue weighted by molar-refractivity contribution is 6.23. The highest BCUT2D eigenvalue weighted by Gasteiger charge is 2.45. The summed E-state index contributed by atoms with van der Waals surface area (Å²) in [6, 6.07) is 19.7. The summed E-state index contributed by atoms with van der Waals surface area (Å²) in [5, 5.41) is 14.8. The SMILES string of the molecule is Cc1cc(N(C)C2CCC(NC(=O)c3ccc(N4CCC(N5Cc6cc7c(cc6C5)C(=O)N(C5CCC(=O)NC5=O)C7=O)CC4)cc3)CC2)ccc1C#N. The molecule has 2 saturated heterocycles. The Kier molecular flexibility index (Phi) is 9.44. The molecule has 3 aromatic rings. The minimum Gasteiger partial charge on any atom is -0.372 e. The van der Waals surface area contributed by atoms with E-state index in [9.17, 15) is 29.2 Å². The first-order valence-corrected chi connectivity index (χ1v) is 19.1. The van der Waals surface area contributed by atoms with Crippen molar-refractivity contribution in [2.45, 2.75) is 95.5 Å². The van der Waals surface area contributed by atoms with Crippen molar-refractivity contribution in [3.8, 4) is 6.07 Å². The molecule has 0 radical (unpaired) electrons. The number of aryl methyl sites for hydroxylation is 1. The Hall–Kier alpha value is -5.54. The molecule has 0 spiro atoms. The van der Waals surface area contributed by atoms with Crippen LogP contribution in [0.2, 0.25) is 0 Å². The van der Waals surface area contributed by atoms with Crippen LogP contribution in [0.4, 0.5) is 11.4 Å². The Morgan fingerprint density at radius 1 is 0.852 bits per heavy atom. The molecule has 12 nitrogen and oxygen atoms in total. The number of rotatable bonds is 7. The molecular formula is C42H45N7O5. The second-order valence-corrected chi connectivity index (χ2v) is 15.5. The Morgan fingerprint density at radius 2 is 1.50 bits per heavy atom. The van der Waals surface area contributed by atoms with Crippen LogP contribution in [0.3, 0.4) is 0 Å². The molecule has 1 saturated carbocycles. The molecule has 278 valence electrons. The summed E-state index contributed by atoms with van der Waals surface area (Å²) in [7, 11) is 2.11. The normalized spacial score (nSPS) is 23.2. The lowest BCUT2D eigenvalue weighted by atomic mass is 9.89. The van der Waals surface area contributed by atoms with E-state index in [4.69, 9.17) is 0 Å². The molecule has 1 unspecified atom stereocenters. The maximum absolute atomic E-state index is 13.3. The monoisotopic (exact) mass is 727 g/mol. The van der Waals surface area contributed by atoms with Gasteiger partial charge in [-0.25, -0.2) is 0 Å². The van der Waals surface area contributed by atoms with Gasteiger partial charge >= 0.3 is 0 Å². The first-order valence-electron chi connectivity index (χ1n) is 19.1. The molecule has 4 aliphatic heterocycles. The molecule has 0 aromatic heterocycles. The third-order valence-corrected chi connectivity index (χ3v) is 12.3. The van der Waals surface area contributed by atoms with Crippen molar-refractivity contribution in [2.75, 3.05) is 29.9 Å². The number of anilines is 2. The van der Waals surface area contributed by atoms with Gasteiger partial charge in [-0.15, -0.1) is 0 Å². The lowest BCUT2D eigenvalue weighted by molar-refractivity contribution is -0.136. The Bertz CT molecular complexity index is 2030. The first-order chi connectivity index (χ1) is 26.1. The van der Waals surface area contributed by atoms with Gasteiger partial charge < -0.3 is 15.1 Å². The summed E-state index contributed by atoms with van der Waals surface area (Å²) in [6.07, 6.45) is 6.02. The quantitative estimate of drug-likeness (QED) is 0.338. The van der Waals surface area contributed by atoms with Crippen molar-refractivity contribution in [2.24, 2.45) is 0 Å². The van der Waals surface area contributed by atoms with E-state index in [1.54, 1.807) is 0 Å². The second kappa shape index (κ2) is 14.4. The molecule has 3 fully saturated rings. The summed E-state index contributed by atoms with van der Waals surface area (Å²) >= 11 is 0. The molecule has 0 bridgehead atoms. The van der Waals surface area contributed by atoms with Crippen LogP contribution in [0.1, 0.15) is 105 Å². The maximum atomic E-state index is 13.3. The zero-order valence-corrected chi connectivity index (χ0v) is 30.8. The van der Waals surface area contributed by atoms with Gasteiger partial charge in [0.15, 0.2) is 0 Å². The predicted molar refractivity (Wildman–Crippen MR) is 202 cm³/mol. The van der Waals surface area contributed by atoms with E-state index in [1.165, 1.54) is 0 Å². The highest BCUT2D eigenvalue weighted by Crippen LogP contribution is 2.36. The van der Waals surface area contributed by atoms with E-state index in [2.05, 4.69) is 44.5 Å². The zero-order chi connectivity index (χ0) is 37.7. The number of benzene rings is 3. The van der Waals surface area contributed by atoms with Gasteiger partial charge in [0.25, 0.3) is 17.7 Å². The fourth-order valence-electron chi connectivity index (χ4n) is 9.05. The number of carbonyl (C=O) groups excluding carboxylic acids is 5. The van der Waals surface area contributed by atoms with Gasteiger partial charge in [-0.3, -0.25) is 39.1 Å². The molecule has 4 heterocycles. The summed E-state index contributed by atoms with van der Waals surface area (Å²) in [6.45, 7) is 5.14. The Morgan fingerprint density at radius 3 is 2.09 bits per heavy atom. The molecule has 8 rings (SSSR count). The largest absolute Gasteiger partial charge is 0.372 e. The summed E-state index contributed by atoms with van der Waals surface area (Å²) in [5.74, 6) is -1.96. The second-order valence-electron chi connectivity index (χ2n) is 15.5. The molecule has 5 amide bonds. The average molecular weight is 728 g/mol. The van der Waals surface area contributed by atoms with Crippen LogP contribution in [-0.4, -0.2) is 83.6 Å². The minimum atomic E-state index is -0.962. The number of hydrogen-bond acceptors (Lipinski definition) is 9. The van der Waals surface area contributed by atoms with E-state index < -0.39 is 23.8 Å². The lowest BCUT2D eigenvalue weighted by Gasteiger charge is -2.38. The number of carbonyl (C=O) groups is 5. The van der Waals surface area contributed by atoms with Crippen molar-refractivity contribution in [1.29, 1.82) is 5.26 Å². The molecule has 1 aliphatic carbocycles. The Balaban J connectivity index is 0.806. The number of amides is 5. The van der Waals surface area contributed by atoms with Gasteiger partial charge in [0.1, 0.15) is 6.04 Å². The molecule has 12 heteroatoms. The van der Waals surface area contributed by atoms with Crippen LogP contribution >= 0.6 is 0 Å². The van der Waals surface area contributed by atoms with E-state index in [0.29, 0.717) is 47.4 Å². The van der Waals surface area contributed by atoms with Gasteiger partial charge in [-0.1, -0.05) is 0 Å². The van der Waals surface area contributed by atoms with Crippen LogP contribution in [-0.2, 0) is 22.7 Å². The lowest BCUT2D eigenvalue weighted by Crippen LogP contribution is -2.54. The van der Waals surface area contributed by atoms with E-state index in [1.807, 2.05) is 55.5 Å². The van der Waals surface area contributed by atoms with Crippen LogP contribution in [0, 0.1) is 18.3 Å². The van der Waals surface area contributed by atoms with Gasteiger partial charge in [-0.2, -0.15) is 5.26 Å². The van der Waals surface area contributed by atoms with Crippen LogP contribution in [0.25, 0.3) is 0 Å². The van der Waals surface area contributed by atoms with Gasteiger partial charge in [0, 0.05) is 74.7 Å². The number of piperidine rings is 2. The first kappa shape index (κ1) is 35.5. The minimum absolute atomic E-state index is 0.0357. The third kappa shape index (κ3) is 6.62. The number of imide groups is 2. The topological polar surface area (TPSA) is 146 Å². The van der Waals surface area contributed by atoms with Crippen molar-refractivity contribution < 1.29 is 24.0 Å². The van der Waals surface area contributed by atoms with Crippen molar-refractivity contribution in [1.82, 2.24) is 20.4 Å². The predicted octanol–water partition coefficient (Wildman–Crippen LogP) is 4.43. The molecule has 2 N–H and O–H groups in total. The number of fused-ring (bicyclic) bond motifs is 2. The third-order valence-electron chi connectivity index (χ3n) is 12.3. The van der Waals surface area contributed by atoms with Crippen molar-refractivity contribution in [3.63, 3.8) is 0 Å². The van der Waals surface area contributed by atoms with Crippen LogP contribution < -0.4 is 20.4 Å². The van der Waals surface area contributed by atoms with E-state index in [-0.39, 0.29) is 30.7 Å². The van der Waals surface area contributed by atoms with Crippen LogP contribution in [0.15, 0.2) is 54.6 Å². The van der Waals surface area contributed by atoms with Crippen molar-refractivity contribution >= 4 is 40.9 Å². The van der Waals surface area contributed by atoms with E-state index >= 15 is 0 Å². The molecule has 1 atom stereocenters. The fourth-order valence-corrected chi connectivity index (χ4v) is 9.05. The van der Waals surface area contributed by atoms with Crippen molar-refractivity contribution in [3.05, 3.63) is 93.5 Å². The molecule has 5 aliphatic rings. The zero-order valence-electron chi connectivity index (χ0n) is 30.8. The molecular weight excluding hydrogens is 683 g/mol. The average Bonchev–Trinajstić information content (AvgIpc) is 3.71. The van der Waals surface area contributed by atoms with E-state index in [0.717, 1.165) is 84.6 Å². The van der Waals surface area contributed by atoms with Gasteiger partial charge in [0.05, 0.1) is 22.8 Å². The standard InChI is InChI=1S/C42H45N7O5/c1-25-19-34(10-5-27(25)22-43)46(2)31-11-6-30(7-12-31)44-39(51)26-3-8-32(9-4-26)47-17-15-33(16-18-47)48-23-28-20-35-36(21-29(28)24-48)42(54)49(41(35)53)37-13-14-38(50)45-40(37)52/h3-5,8-10,19-21,30-31,33,37H,6-7,11-18,23-24H2,1-2H3,(H,44,51)(H,45,50,52). The smallest absolute Gasteiger partial charge is 0.262 e. The van der Waals surface area contributed by atoms with Gasteiger partial charge in [0.2, 0.25) is 11.8 Å². The summed E-state index contributed by atoms with van der Waals surface area (Å²) < 4.78 is 0. The highest BCUT2D eigenvalue weighted by atomic mass is 16.2. The number of nitriles is 1.